The van der Waals surface area contributed by atoms with Gasteiger partial charge in [0.05, 0.1) is 20.3 Å². The number of carbonyl (C=O) groups excluding carboxylic acids is 1. The summed E-state index contributed by atoms with van der Waals surface area (Å²) in [5.74, 6) is -1.31. The quantitative estimate of drug-likeness (QED) is 0.250. The minimum atomic E-state index is -0.661. The molecular formula is C21H26FIN2O5S. The molecule has 1 unspecified atom stereocenters. The number of methoxy groups -OCH3 is 1. The molecule has 170 valence electrons. The molecule has 0 aliphatic carbocycles. The van der Waals surface area contributed by atoms with Crippen molar-refractivity contribution in [1.82, 2.24) is 4.98 Å². The number of anilines is 1. The number of nitrogens with zero attached hydrogens (tertiary/aromatic N) is 2. The molecule has 0 radical (unpaired) electrons. The van der Waals surface area contributed by atoms with Crippen LogP contribution in [0, 0.1) is 9.39 Å². The molecule has 7 nitrogen and oxygen atoms in total. The summed E-state index contributed by atoms with van der Waals surface area (Å²) in [5, 5.41) is 0.675. The monoisotopic (exact) mass is 564 g/mol. The SMILES string of the molecule is CCN(c1nc(C(=O)OC)c(CCCOc2ccc(I)cc2F)s1)C1COC(C)(C)O1. The molecule has 1 fully saturated rings. The van der Waals surface area contributed by atoms with Crippen LogP contribution in [0.15, 0.2) is 18.2 Å². The van der Waals surface area contributed by atoms with Crippen LogP contribution in [-0.4, -0.2) is 49.8 Å². The fourth-order valence-electron chi connectivity index (χ4n) is 3.18. The van der Waals surface area contributed by atoms with E-state index in [2.05, 4.69) is 4.98 Å². The van der Waals surface area contributed by atoms with E-state index in [1.807, 2.05) is 48.3 Å². The number of carbonyl (C=O) groups is 1. The van der Waals surface area contributed by atoms with Gasteiger partial charge < -0.3 is 23.8 Å². The minimum Gasteiger partial charge on any atom is -0.491 e. The van der Waals surface area contributed by atoms with Crippen molar-refractivity contribution in [3.8, 4) is 5.75 Å². The molecule has 0 spiro atoms. The molecule has 1 saturated heterocycles. The third-order valence-corrected chi connectivity index (χ3v) is 6.52. The van der Waals surface area contributed by atoms with Gasteiger partial charge in [0.25, 0.3) is 0 Å². The average Bonchev–Trinajstić information content (AvgIpc) is 3.30. The standard InChI is InChI=1S/C21H26FIN2O5S/c1-5-25(17-12-29-21(2,3)30-17)20-24-18(19(26)27-4)16(31-20)7-6-10-28-15-9-8-13(23)11-14(15)22/h8-9,11,17H,5-7,10,12H2,1-4H3. The zero-order valence-electron chi connectivity index (χ0n) is 17.9. The van der Waals surface area contributed by atoms with E-state index in [0.717, 1.165) is 8.45 Å². The Hall–Kier alpha value is -1.50. The maximum atomic E-state index is 13.9. The lowest BCUT2D eigenvalue weighted by atomic mass is 10.2. The summed E-state index contributed by atoms with van der Waals surface area (Å²) in [6.45, 7) is 7.11. The van der Waals surface area contributed by atoms with Gasteiger partial charge in [-0.3, -0.25) is 0 Å². The molecule has 0 saturated carbocycles. The van der Waals surface area contributed by atoms with Crippen LogP contribution in [0.3, 0.4) is 0 Å². The molecule has 31 heavy (non-hydrogen) atoms. The van der Waals surface area contributed by atoms with Crippen molar-refractivity contribution in [2.75, 3.05) is 31.8 Å². The fraction of sp³-hybridized carbons (Fsp3) is 0.524. The Kier molecular flexibility index (Phi) is 8.11. The van der Waals surface area contributed by atoms with Crippen molar-refractivity contribution in [2.45, 2.75) is 45.6 Å². The first-order valence-corrected chi connectivity index (χ1v) is 11.9. The molecule has 3 rings (SSSR count). The largest absolute Gasteiger partial charge is 0.491 e. The van der Waals surface area contributed by atoms with E-state index in [4.69, 9.17) is 18.9 Å². The molecule has 10 heteroatoms. The Bertz CT molecular complexity index is 923. The summed E-state index contributed by atoms with van der Waals surface area (Å²) >= 11 is 3.47. The number of likely N-dealkylation sites (N-methyl/N-ethyl adjacent to an activating group) is 1. The van der Waals surface area contributed by atoms with E-state index in [0.29, 0.717) is 43.4 Å². The Morgan fingerprint density at radius 3 is 2.84 bits per heavy atom. The molecule has 1 aliphatic rings. The number of benzene rings is 1. The third-order valence-electron chi connectivity index (χ3n) is 4.69. The Balaban J connectivity index is 1.69. The third kappa shape index (κ3) is 6.05. The summed E-state index contributed by atoms with van der Waals surface area (Å²) in [6.07, 6.45) is 0.870. The van der Waals surface area contributed by atoms with E-state index in [1.54, 1.807) is 12.1 Å². The molecule has 1 aliphatic heterocycles. The van der Waals surface area contributed by atoms with Gasteiger partial charge in [0.2, 0.25) is 0 Å². The predicted molar refractivity (Wildman–Crippen MR) is 124 cm³/mol. The van der Waals surface area contributed by atoms with Gasteiger partial charge in [0.1, 0.15) is 0 Å². The van der Waals surface area contributed by atoms with E-state index in [-0.39, 0.29) is 17.8 Å². The Labute approximate surface area is 199 Å². The van der Waals surface area contributed by atoms with Crippen molar-refractivity contribution in [3.05, 3.63) is 38.2 Å². The van der Waals surface area contributed by atoms with E-state index < -0.39 is 11.8 Å². The van der Waals surface area contributed by atoms with Crippen LogP contribution < -0.4 is 9.64 Å². The lowest BCUT2D eigenvalue weighted by molar-refractivity contribution is -0.138. The number of aromatic nitrogens is 1. The number of hydrogen-bond acceptors (Lipinski definition) is 8. The molecule has 0 N–H and O–H groups in total. The van der Waals surface area contributed by atoms with Gasteiger partial charge >= 0.3 is 5.97 Å². The maximum Gasteiger partial charge on any atom is 0.357 e. The summed E-state index contributed by atoms with van der Waals surface area (Å²) < 4.78 is 36.8. The van der Waals surface area contributed by atoms with Gasteiger partial charge in [-0.15, -0.1) is 11.3 Å². The molecular weight excluding hydrogens is 538 g/mol. The summed E-state index contributed by atoms with van der Waals surface area (Å²) in [4.78, 5) is 19.6. The topological polar surface area (TPSA) is 70.1 Å². The van der Waals surface area contributed by atoms with Crippen LogP contribution in [0.1, 0.15) is 42.6 Å². The van der Waals surface area contributed by atoms with Crippen LogP contribution in [0.5, 0.6) is 5.75 Å². The van der Waals surface area contributed by atoms with Gasteiger partial charge in [-0.1, -0.05) is 0 Å². The zero-order valence-corrected chi connectivity index (χ0v) is 20.9. The highest BCUT2D eigenvalue weighted by atomic mass is 127. The molecule has 1 aromatic heterocycles. The van der Waals surface area contributed by atoms with Crippen molar-refractivity contribution in [1.29, 1.82) is 0 Å². The first-order valence-electron chi connectivity index (χ1n) is 9.98. The van der Waals surface area contributed by atoms with Crippen molar-refractivity contribution in [3.63, 3.8) is 0 Å². The lowest BCUT2D eigenvalue weighted by Gasteiger charge is -2.26. The second kappa shape index (κ2) is 10.4. The van der Waals surface area contributed by atoms with Crippen LogP contribution in [0.2, 0.25) is 0 Å². The number of thiazole rings is 1. The highest BCUT2D eigenvalue weighted by Gasteiger charge is 2.37. The number of halogens is 2. The van der Waals surface area contributed by atoms with Gasteiger partial charge in [-0.2, -0.15) is 0 Å². The van der Waals surface area contributed by atoms with Crippen LogP contribution >= 0.6 is 33.9 Å². The molecule has 0 bridgehead atoms. The highest BCUT2D eigenvalue weighted by Crippen LogP contribution is 2.33. The molecule has 1 atom stereocenters. The first kappa shape index (κ1) is 24.1. The van der Waals surface area contributed by atoms with Crippen molar-refractivity contribution in [2.24, 2.45) is 0 Å². The van der Waals surface area contributed by atoms with Crippen LogP contribution in [0.25, 0.3) is 0 Å². The second-order valence-corrected chi connectivity index (χ2v) is 9.66. The lowest BCUT2D eigenvalue weighted by Crippen LogP contribution is -2.38. The number of ether oxygens (including phenoxy) is 4. The number of esters is 1. The second-order valence-electron chi connectivity index (χ2n) is 7.36. The van der Waals surface area contributed by atoms with Crippen LogP contribution in [0.4, 0.5) is 9.52 Å². The normalized spacial score (nSPS) is 17.5. The maximum absolute atomic E-state index is 13.9. The number of rotatable bonds is 9. The summed E-state index contributed by atoms with van der Waals surface area (Å²) in [7, 11) is 1.34. The van der Waals surface area contributed by atoms with Crippen molar-refractivity contribution < 1.29 is 28.1 Å². The van der Waals surface area contributed by atoms with E-state index >= 15 is 0 Å². The number of hydrogen-bond donors (Lipinski definition) is 0. The van der Waals surface area contributed by atoms with Gasteiger partial charge in [-0.25, -0.2) is 14.2 Å². The predicted octanol–water partition coefficient (Wildman–Crippen LogP) is 4.62. The Morgan fingerprint density at radius 1 is 1.45 bits per heavy atom. The van der Waals surface area contributed by atoms with Crippen LogP contribution in [-0.2, 0) is 20.6 Å². The van der Waals surface area contributed by atoms with E-state index in [1.165, 1.54) is 24.5 Å². The van der Waals surface area contributed by atoms with Crippen molar-refractivity contribution >= 4 is 45.0 Å². The molecule has 2 aromatic rings. The average molecular weight is 564 g/mol. The van der Waals surface area contributed by atoms with E-state index in [9.17, 15) is 9.18 Å². The van der Waals surface area contributed by atoms with Gasteiger partial charge in [-0.05, 0) is 74.4 Å². The molecule has 0 amide bonds. The first-order chi connectivity index (χ1) is 14.7. The highest BCUT2D eigenvalue weighted by molar-refractivity contribution is 14.1. The molecule has 2 heterocycles. The summed E-state index contributed by atoms with van der Waals surface area (Å²) in [5.41, 5.74) is 0.291. The summed E-state index contributed by atoms with van der Waals surface area (Å²) in [6, 6.07) is 4.83. The zero-order chi connectivity index (χ0) is 22.6. The molecule has 1 aromatic carbocycles. The minimum absolute atomic E-state index is 0.219. The fourth-order valence-corrected chi connectivity index (χ4v) is 4.82. The smallest absolute Gasteiger partial charge is 0.357 e. The number of aryl methyl sites for hydroxylation is 1. The van der Waals surface area contributed by atoms with Gasteiger partial charge in [0.15, 0.2) is 34.4 Å². The van der Waals surface area contributed by atoms with Gasteiger partial charge in [0, 0.05) is 15.0 Å². The Morgan fingerprint density at radius 2 is 2.23 bits per heavy atom.